The normalized spacial score (nSPS) is 20.0. The number of carbonyl (C=O) groups is 1. The molecule has 0 spiro atoms. The van der Waals surface area contributed by atoms with E-state index in [9.17, 15) is 9.90 Å². The first kappa shape index (κ1) is 14.8. The molecule has 0 bridgehead atoms. The highest BCUT2D eigenvalue weighted by atomic mass is 79.9. The molecule has 1 amide bonds. The maximum Gasteiger partial charge on any atom is 0.407 e. The van der Waals surface area contributed by atoms with Crippen molar-refractivity contribution in [2.45, 2.75) is 6.04 Å². The van der Waals surface area contributed by atoms with Crippen LogP contribution in [0.1, 0.15) is 0 Å². The Bertz CT molecular complexity index is 816. The van der Waals surface area contributed by atoms with Crippen LogP contribution in [0.3, 0.4) is 0 Å². The van der Waals surface area contributed by atoms with Crippen molar-refractivity contribution in [1.29, 1.82) is 0 Å². The van der Waals surface area contributed by atoms with Crippen LogP contribution in [0.5, 0.6) is 0 Å². The molecule has 120 valence electrons. The highest BCUT2D eigenvalue weighted by Crippen LogP contribution is 2.40. The Morgan fingerprint density at radius 2 is 2.26 bits per heavy atom. The smallest absolute Gasteiger partial charge is 0.407 e. The quantitative estimate of drug-likeness (QED) is 0.714. The fourth-order valence-electron chi connectivity index (χ4n) is 3.34. The molecule has 1 aromatic carbocycles. The van der Waals surface area contributed by atoms with Crippen molar-refractivity contribution in [2.75, 3.05) is 36.4 Å². The summed E-state index contributed by atoms with van der Waals surface area (Å²) in [6, 6.07) is 3.94. The number of nitrogens with one attached hydrogen (secondary N) is 1. The fraction of sp³-hybridized carbons (Fsp3) is 0.333. The van der Waals surface area contributed by atoms with E-state index >= 15 is 0 Å². The molecule has 0 unspecified atom stereocenters. The monoisotopic (exact) mass is 396 g/mol. The number of aromatic nitrogens is 1. The van der Waals surface area contributed by atoms with Crippen LogP contribution in [0.2, 0.25) is 5.02 Å². The second-order valence-electron chi connectivity index (χ2n) is 5.76. The number of amides is 1. The van der Waals surface area contributed by atoms with Gasteiger partial charge in [0.05, 0.1) is 34.2 Å². The van der Waals surface area contributed by atoms with E-state index in [1.54, 1.807) is 0 Å². The number of benzene rings is 1. The van der Waals surface area contributed by atoms with E-state index in [0.717, 1.165) is 26.8 Å². The standard InChI is InChI=1S/C15H14BrClN4O2/c16-10-4-12-9(3-11(10)17)14-13(6-19-12)18-5-8-7-20(15(22)23)1-2-21(8)14/h3-4,6,8,18H,1-2,5,7H2,(H,22,23)/t8-/m0/s1. The van der Waals surface area contributed by atoms with E-state index in [-0.39, 0.29) is 6.04 Å². The van der Waals surface area contributed by atoms with Gasteiger partial charge >= 0.3 is 6.09 Å². The molecule has 2 aliphatic rings. The summed E-state index contributed by atoms with van der Waals surface area (Å²) in [4.78, 5) is 19.5. The molecule has 2 N–H and O–H groups in total. The molecule has 0 radical (unpaired) electrons. The van der Waals surface area contributed by atoms with Crippen LogP contribution in [0.25, 0.3) is 10.9 Å². The first-order valence-corrected chi connectivity index (χ1v) is 8.48. The zero-order valence-corrected chi connectivity index (χ0v) is 14.4. The van der Waals surface area contributed by atoms with Crippen molar-refractivity contribution < 1.29 is 9.90 Å². The maximum absolute atomic E-state index is 11.2. The number of hydrogen-bond donors (Lipinski definition) is 2. The zero-order valence-electron chi connectivity index (χ0n) is 12.1. The Hall–Kier alpha value is -1.73. The van der Waals surface area contributed by atoms with Gasteiger partial charge in [0.25, 0.3) is 0 Å². The van der Waals surface area contributed by atoms with Crippen LogP contribution < -0.4 is 10.2 Å². The largest absolute Gasteiger partial charge is 0.465 e. The summed E-state index contributed by atoms with van der Waals surface area (Å²) in [7, 11) is 0. The molecule has 0 aliphatic carbocycles. The Morgan fingerprint density at radius 3 is 3.04 bits per heavy atom. The highest BCUT2D eigenvalue weighted by molar-refractivity contribution is 9.10. The van der Waals surface area contributed by atoms with Crippen LogP contribution in [-0.4, -0.2) is 53.3 Å². The molecule has 3 heterocycles. The summed E-state index contributed by atoms with van der Waals surface area (Å²) in [5, 5.41) is 14.2. The van der Waals surface area contributed by atoms with Gasteiger partial charge in [-0.25, -0.2) is 4.79 Å². The summed E-state index contributed by atoms with van der Waals surface area (Å²) >= 11 is 9.70. The summed E-state index contributed by atoms with van der Waals surface area (Å²) < 4.78 is 0.815. The lowest BCUT2D eigenvalue weighted by Crippen LogP contribution is -2.58. The van der Waals surface area contributed by atoms with Gasteiger partial charge in [-0.05, 0) is 28.1 Å². The second kappa shape index (κ2) is 5.42. The van der Waals surface area contributed by atoms with E-state index in [0.29, 0.717) is 31.2 Å². The van der Waals surface area contributed by atoms with Crippen LogP contribution >= 0.6 is 27.5 Å². The third kappa shape index (κ3) is 2.38. The van der Waals surface area contributed by atoms with Crippen molar-refractivity contribution in [3.63, 3.8) is 0 Å². The molecule has 1 fully saturated rings. The summed E-state index contributed by atoms with van der Waals surface area (Å²) in [6.07, 6.45) is 0.972. The van der Waals surface area contributed by atoms with Gasteiger partial charge in [-0.1, -0.05) is 11.6 Å². The van der Waals surface area contributed by atoms with Gasteiger partial charge in [0.15, 0.2) is 0 Å². The van der Waals surface area contributed by atoms with Crippen LogP contribution in [0.15, 0.2) is 22.8 Å². The van der Waals surface area contributed by atoms with Crippen LogP contribution in [0, 0.1) is 0 Å². The molecule has 1 aromatic heterocycles. The van der Waals surface area contributed by atoms with E-state index in [1.807, 2.05) is 18.3 Å². The number of anilines is 2. The molecule has 2 aliphatic heterocycles. The average Bonchev–Trinajstić information content (AvgIpc) is 2.54. The van der Waals surface area contributed by atoms with Gasteiger partial charge in [-0.3, -0.25) is 4.98 Å². The molecular weight excluding hydrogens is 384 g/mol. The number of hydrogen-bond acceptors (Lipinski definition) is 4. The average molecular weight is 398 g/mol. The minimum atomic E-state index is -0.859. The Kier molecular flexibility index (Phi) is 3.50. The van der Waals surface area contributed by atoms with Gasteiger partial charge in [-0.2, -0.15) is 0 Å². The number of rotatable bonds is 0. The van der Waals surface area contributed by atoms with E-state index in [1.165, 1.54) is 4.90 Å². The van der Waals surface area contributed by atoms with Crippen molar-refractivity contribution in [3.05, 3.63) is 27.8 Å². The second-order valence-corrected chi connectivity index (χ2v) is 7.02. The van der Waals surface area contributed by atoms with Crippen molar-refractivity contribution >= 4 is 55.9 Å². The molecule has 23 heavy (non-hydrogen) atoms. The molecule has 1 saturated heterocycles. The molecule has 0 saturated carbocycles. The fourth-order valence-corrected chi connectivity index (χ4v) is 3.83. The number of pyridine rings is 1. The molecular formula is C15H14BrClN4O2. The Labute approximate surface area is 146 Å². The number of fused-ring (bicyclic) bond motifs is 5. The topological polar surface area (TPSA) is 68.7 Å². The third-order valence-electron chi connectivity index (χ3n) is 4.45. The molecule has 6 nitrogen and oxygen atoms in total. The van der Waals surface area contributed by atoms with E-state index in [4.69, 9.17) is 11.6 Å². The number of nitrogens with zero attached hydrogens (tertiary/aromatic N) is 3. The van der Waals surface area contributed by atoms with Gasteiger partial charge in [0.2, 0.25) is 0 Å². The van der Waals surface area contributed by atoms with Crippen molar-refractivity contribution in [2.24, 2.45) is 0 Å². The van der Waals surface area contributed by atoms with Crippen molar-refractivity contribution in [3.8, 4) is 0 Å². The summed E-state index contributed by atoms with van der Waals surface area (Å²) in [5.41, 5.74) is 2.89. The predicted molar refractivity (Wildman–Crippen MR) is 93.7 cm³/mol. The minimum absolute atomic E-state index is 0.111. The Balaban J connectivity index is 1.82. The lowest BCUT2D eigenvalue weighted by atomic mass is 10.0. The molecule has 8 heteroatoms. The van der Waals surface area contributed by atoms with Crippen molar-refractivity contribution in [1.82, 2.24) is 9.88 Å². The zero-order chi connectivity index (χ0) is 16.1. The van der Waals surface area contributed by atoms with Gasteiger partial charge in [0, 0.05) is 36.0 Å². The highest BCUT2D eigenvalue weighted by Gasteiger charge is 2.34. The van der Waals surface area contributed by atoms with E-state index in [2.05, 4.69) is 31.1 Å². The number of halogens is 2. The maximum atomic E-state index is 11.2. The van der Waals surface area contributed by atoms with Gasteiger partial charge in [0.1, 0.15) is 0 Å². The third-order valence-corrected chi connectivity index (χ3v) is 5.65. The van der Waals surface area contributed by atoms with Gasteiger partial charge < -0.3 is 20.2 Å². The number of carboxylic acid groups (broad SMARTS) is 1. The first-order chi connectivity index (χ1) is 11.0. The molecule has 2 aromatic rings. The number of piperazine rings is 1. The lowest BCUT2D eigenvalue weighted by molar-refractivity contribution is 0.135. The molecule has 1 atom stereocenters. The minimum Gasteiger partial charge on any atom is -0.465 e. The SMILES string of the molecule is O=C(O)N1CCN2c3c(cnc4cc(Br)c(Cl)cc34)NC[C@H]2C1. The van der Waals surface area contributed by atoms with Crippen LogP contribution in [0.4, 0.5) is 16.2 Å². The lowest BCUT2D eigenvalue weighted by Gasteiger charge is -2.45. The van der Waals surface area contributed by atoms with Gasteiger partial charge in [-0.15, -0.1) is 0 Å². The molecule has 4 rings (SSSR count). The predicted octanol–water partition coefficient (Wildman–Crippen LogP) is 3.24. The van der Waals surface area contributed by atoms with Crippen LogP contribution in [-0.2, 0) is 0 Å². The summed E-state index contributed by atoms with van der Waals surface area (Å²) in [5.74, 6) is 0. The Morgan fingerprint density at radius 1 is 1.43 bits per heavy atom. The summed E-state index contributed by atoms with van der Waals surface area (Å²) in [6.45, 7) is 2.36. The first-order valence-electron chi connectivity index (χ1n) is 7.31. The van der Waals surface area contributed by atoms with E-state index < -0.39 is 6.09 Å².